The van der Waals surface area contributed by atoms with Gasteiger partial charge in [-0.3, -0.25) is 0 Å². The third-order valence-electron chi connectivity index (χ3n) is 1.99. The summed E-state index contributed by atoms with van der Waals surface area (Å²) >= 11 is 5.66. The van der Waals surface area contributed by atoms with Gasteiger partial charge in [-0.05, 0) is 32.0 Å². The zero-order valence-electron chi connectivity index (χ0n) is 9.37. The normalized spacial score (nSPS) is 12.8. The maximum absolute atomic E-state index is 12.8. The number of aliphatic hydroxyl groups is 1. The molecule has 0 heterocycles. The highest BCUT2D eigenvalue weighted by Crippen LogP contribution is 2.23. The Balaban J connectivity index is 3.14. The fraction of sp³-hybridized carbons (Fsp3) is 0.400. The molecule has 4 nitrogen and oxygen atoms in total. The van der Waals surface area contributed by atoms with E-state index in [1.54, 1.807) is 0 Å². The molecule has 1 aromatic rings. The topological polar surface area (TPSA) is 66.4 Å². The van der Waals surface area contributed by atoms with Crippen molar-refractivity contribution in [3.8, 4) is 0 Å². The first-order chi connectivity index (χ1) is 7.68. The summed E-state index contributed by atoms with van der Waals surface area (Å²) in [4.78, 5) is -0.220. The molecule has 0 atom stereocenters. The van der Waals surface area contributed by atoms with Crippen molar-refractivity contribution in [2.45, 2.75) is 24.3 Å². The first kappa shape index (κ1) is 14.4. The van der Waals surface area contributed by atoms with Crippen LogP contribution < -0.4 is 4.72 Å². The van der Waals surface area contributed by atoms with Crippen molar-refractivity contribution >= 4 is 21.6 Å². The molecule has 0 aliphatic rings. The summed E-state index contributed by atoms with van der Waals surface area (Å²) < 4.78 is 38.9. The largest absolute Gasteiger partial charge is 0.394 e. The van der Waals surface area contributed by atoms with E-state index in [1.165, 1.54) is 13.8 Å². The van der Waals surface area contributed by atoms with Gasteiger partial charge in [-0.1, -0.05) is 11.6 Å². The predicted molar refractivity (Wildman–Crippen MR) is 62.9 cm³/mol. The lowest BCUT2D eigenvalue weighted by Crippen LogP contribution is -2.46. The first-order valence-electron chi connectivity index (χ1n) is 4.78. The van der Waals surface area contributed by atoms with Gasteiger partial charge in [0.2, 0.25) is 10.0 Å². The van der Waals surface area contributed by atoms with Gasteiger partial charge in [0.05, 0.1) is 17.2 Å². The van der Waals surface area contributed by atoms with Gasteiger partial charge < -0.3 is 5.11 Å². The Kier molecular flexibility index (Phi) is 4.14. The summed E-state index contributed by atoms with van der Waals surface area (Å²) in [6.45, 7) is 2.66. The smallest absolute Gasteiger partial charge is 0.242 e. The Morgan fingerprint density at radius 3 is 2.53 bits per heavy atom. The molecule has 0 aromatic heterocycles. The molecule has 0 amide bonds. The molecule has 0 spiro atoms. The van der Waals surface area contributed by atoms with Crippen molar-refractivity contribution in [2.75, 3.05) is 6.61 Å². The minimum Gasteiger partial charge on any atom is -0.394 e. The molecular weight excluding hydrogens is 269 g/mol. The van der Waals surface area contributed by atoms with Gasteiger partial charge in [0.25, 0.3) is 0 Å². The van der Waals surface area contributed by atoms with E-state index in [-0.39, 0.29) is 16.5 Å². The Morgan fingerprint density at radius 1 is 1.47 bits per heavy atom. The third kappa shape index (κ3) is 3.64. The van der Waals surface area contributed by atoms with Crippen molar-refractivity contribution in [3.63, 3.8) is 0 Å². The van der Waals surface area contributed by atoms with Crippen LogP contribution in [0.1, 0.15) is 13.8 Å². The van der Waals surface area contributed by atoms with E-state index in [0.29, 0.717) is 0 Å². The molecule has 0 aliphatic carbocycles. The minimum absolute atomic E-state index is 0.203. The highest BCUT2D eigenvalue weighted by Gasteiger charge is 2.27. The zero-order valence-corrected chi connectivity index (χ0v) is 10.9. The molecule has 1 aromatic carbocycles. The van der Waals surface area contributed by atoms with Crippen LogP contribution in [0.4, 0.5) is 4.39 Å². The van der Waals surface area contributed by atoms with Gasteiger partial charge in [0, 0.05) is 0 Å². The lowest BCUT2D eigenvalue weighted by Gasteiger charge is -2.23. The summed E-state index contributed by atoms with van der Waals surface area (Å²) in [5.41, 5.74) is -1.02. The Labute approximate surface area is 104 Å². The first-order valence-corrected chi connectivity index (χ1v) is 6.64. The average molecular weight is 282 g/mol. The Morgan fingerprint density at radius 2 is 2.06 bits per heavy atom. The van der Waals surface area contributed by atoms with E-state index in [1.807, 2.05) is 0 Å². The summed E-state index contributed by atoms with van der Waals surface area (Å²) in [5.74, 6) is -0.615. The number of aliphatic hydroxyl groups excluding tert-OH is 1. The Bertz CT molecular complexity index is 516. The highest BCUT2D eigenvalue weighted by atomic mass is 35.5. The maximum Gasteiger partial charge on any atom is 0.242 e. The van der Waals surface area contributed by atoms with E-state index >= 15 is 0 Å². The number of halogens is 2. The summed E-state index contributed by atoms with van der Waals surface area (Å²) in [6, 6.07) is 3.00. The molecule has 96 valence electrons. The van der Waals surface area contributed by atoms with E-state index in [4.69, 9.17) is 16.7 Å². The molecule has 0 bridgehead atoms. The van der Waals surface area contributed by atoms with Gasteiger partial charge in [-0.25, -0.2) is 17.5 Å². The van der Waals surface area contributed by atoms with E-state index in [0.717, 1.165) is 18.2 Å². The lowest BCUT2D eigenvalue weighted by atomic mass is 10.1. The van der Waals surface area contributed by atoms with Crippen LogP contribution >= 0.6 is 11.6 Å². The lowest BCUT2D eigenvalue weighted by molar-refractivity contribution is 0.208. The van der Waals surface area contributed by atoms with Crippen LogP contribution in [0.2, 0.25) is 5.02 Å². The molecule has 7 heteroatoms. The van der Waals surface area contributed by atoms with Crippen LogP contribution in [0.15, 0.2) is 23.1 Å². The second kappa shape index (κ2) is 4.89. The molecule has 0 saturated carbocycles. The van der Waals surface area contributed by atoms with Crippen LogP contribution in [-0.4, -0.2) is 25.7 Å². The zero-order chi connectivity index (χ0) is 13.3. The van der Waals surface area contributed by atoms with Gasteiger partial charge in [0.1, 0.15) is 10.7 Å². The number of rotatable bonds is 4. The quantitative estimate of drug-likeness (QED) is 0.879. The van der Waals surface area contributed by atoms with Crippen LogP contribution in [0.5, 0.6) is 0 Å². The summed E-state index contributed by atoms with van der Waals surface area (Å²) in [6.07, 6.45) is 0. The fourth-order valence-corrected chi connectivity index (χ4v) is 3.08. The summed E-state index contributed by atoms with van der Waals surface area (Å²) in [7, 11) is -3.89. The number of nitrogens with one attached hydrogen (secondary N) is 1. The summed E-state index contributed by atoms with van der Waals surface area (Å²) in [5, 5.41) is 8.80. The van der Waals surface area contributed by atoms with Crippen LogP contribution in [0.3, 0.4) is 0 Å². The van der Waals surface area contributed by atoms with Gasteiger partial charge in [-0.2, -0.15) is 0 Å². The molecule has 0 aliphatic heterocycles. The number of hydrogen-bond acceptors (Lipinski definition) is 3. The molecule has 0 radical (unpaired) electrons. The monoisotopic (exact) mass is 281 g/mol. The van der Waals surface area contributed by atoms with Crippen LogP contribution in [0, 0.1) is 5.82 Å². The SMILES string of the molecule is CC(C)(CO)NS(=O)(=O)c1ccc(F)cc1Cl. The van der Waals surface area contributed by atoms with Gasteiger partial charge in [-0.15, -0.1) is 0 Å². The predicted octanol–water partition coefficient (Wildman–Crippen LogP) is 1.53. The molecule has 1 rings (SSSR count). The van der Waals surface area contributed by atoms with Crippen molar-refractivity contribution in [1.29, 1.82) is 0 Å². The van der Waals surface area contributed by atoms with Crippen molar-refractivity contribution < 1.29 is 17.9 Å². The van der Waals surface area contributed by atoms with Crippen LogP contribution in [0.25, 0.3) is 0 Å². The standard InChI is InChI=1S/C10H13ClFNO3S/c1-10(2,6-14)13-17(15,16)9-4-3-7(12)5-8(9)11/h3-5,13-14H,6H2,1-2H3. The molecule has 0 unspecified atom stereocenters. The Hall–Kier alpha value is -0.690. The molecule has 2 N–H and O–H groups in total. The van der Waals surface area contributed by atoms with Crippen LogP contribution in [-0.2, 0) is 10.0 Å². The number of hydrogen-bond donors (Lipinski definition) is 2. The molecule has 0 fully saturated rings. The molecular formula is C10H13ClFNO3S. The van der Waals surface area contributed by atoms with Crippen molar-refractivity contribution in [3.05, 3.63) is 29.0 Å². The second-order valence-electron chi connectivity index (χ2n) is 4.22. The van der Waals surface area contributed by atoms with Crippen molar-refractivity contribution in [1.82, 2.24) is 4.72 Å². The third-order valence-corrected chi connectivity index (χ3v) is 4.17. The minimum atomic E-state index is -3.89. The fourth-order valence-electron chi connectivity index (χ4n) is 1.14. The average Bonchev–Trinajstić information content (AvgIpc) is 2.15. The number of benzene rings is 1. The number of sulfonamides is 1. The van der Waals surface area contributed by atoms with E-state index < -0.39 is 21.4 Å². The molecule has 17 heavy (non-hydrogen) atoms. The maximum atomic E-state index is 12.8. The second-order valence-corrected chi connectivity index (χ2v) is 6.28. The van der Waals surface area contributed by atoms with Gasteiger partial charge >= 0.3 is 0 Å². The van der Waals surface area contributed by atoms with E-state index in [2.05, 4.69) is 4.72 Å². The van der Waals surface area contributed by atoms with Gasteiger partial charge in [0.15, 0.2) is 0 Å². The van der Waals surface area contributed by atoms with Crippen molar-refractivity contribution in [2.24, 2.45) is 0 Å². The molecule has 0 saturated heterocycles. The highest BCUT2D eigenvalue weighted by molar-refractivity contribution is 7.89. The van der Waals surface area contributed by atoms with E-state index in [9.17, 15) is 12.8 Å².